The molecule has 0 N–H and O–H groups in total. The van der Waals surface area contributed by atoms with Crippen molar-refractivity contribution in [3.8, 4) is 0 Å². The number of likely N-dealkylation sites (tertiary alicyclic amines) is 1. The van der Waals surface area contributed by atoms with Gasteiger partial charge in [0.15, 0.2) is 9.84 Å². The summed E-state index contributed by atoms with van der Waals surface area (Å²) in [6.07, 6.45) is 3.33. The first kappa shape index (κ1) is 16.5. The van der Waals surface area contributed by atoms with Crippen LogP contribution in [-0.4, -0.2) is 38.6 Å². The third-order valence-corrected chi connectivity index (χ3v) is 6.89. The molecule has 4 nitrogen and oxygen atoms in total. The Bertz CT molecular complexity index is 626. The van der Waals surface area contributed by atoms with Crippen LogP contribution in [0.3, 0.4) is 0 Å². The van der Waals surface area contributed by atoms with E-state index in [4.69, 9.17) is 0 Å². The van der Waals surface area contributed by atoms with E-state index in [-0.39, 0.29) is 15.5 Å². The molecule has 0 aliphatic carbocycles. The van der Waals surface area contributed by atoms with Gasteiger partial charge in [0.05, 0.1) is 5.56 Å². The van der Waals surface area contributed by atoms with Gasteiger partial charge in [-0.25, -0.2) is 8.42 Å². The monoisotopic (exact) mass is 329 g/mol. The first-order valence-corrected chi connectivity index (χ1v) is 9.94. The van der Waals surface area contributed by atoms with Crippen LogP contribution in [0.15, 0.2) is 15.7 Å². The van der Waals surface area contributed by atoms with Gasteiger partial charge in [-0.3, -0.25) is 4.79 Å². The van der Waals surface area contributed by atoms with Crippen molar-refractivity contribution in [1.82, 2.24) is 4.90 Å². The number of sulfone groups is 1. The van der Waals surface area contributed by atoms with Crippen LogP contribution in [0.2, 0.25) is 0 Å². The van der Waals surface area contributed by atoms with Gasteiger partial charge in [-0.1, -0.05) is 20.8 Å². The number of thiophene rings is 1. The first-order chi connectivity index (χ1) is 9.59. The number of hydrogen-bond donors (Lipinski definition) is 0. The van der Waals surface area contributed by atoms with Crippen molar-refractivity contribution in [1.29, 1.82) is 0 Å². The molecule has 1 aliphatic rings. The lowest BCUT2D eigenvalue weighted by Crippen LogP contribution is -2.43. The van der Waals surface area contributed by atoms with Crippen molar-refractivity contribution >= 4 is 27.1 Å². The van der Waals surface area contributed by atoms with Crippen molar-refractivity contribution in [3.05, 3.63) is 17.0 Å². The van der Waals surface area contributed by atoms with Gasteiger partial charge in [-0.15, -0.1) is 11.3 Å². The summed E-state index contributed by atoms with van der Waals surface area (Å²) in [6, 6.07) is 1.50. The second-order valence-corrected chi connectivity index (χ2v) is 10.0. The quantitative estimate of drug-likeness (QED) is 0.838. The molecule has 0 radical (unpaired) electrons. The molecule has 0 spiro atoms. The highest BCUT2D eigenvalue weighted by Gasteiger charge is 2.32. The van der Waals surface area contributed by atoms with Crippen molar-refractivity contribution in [2.24, 2.45) is 11.3 Å². The molecule has 1 saturated heterocycles. The highest BCUT2D eigenvalue weighted by atomic mass is 32.2. The van der Waals surface area contributed by atoms with Crippen LogP contribution >= 0.6 is 11.3 Å². The third kappa shape index (κ3) is 3.86. The minimum absolute atomic E-state index is 0.0462. The fourth-order valence-corrected chi connectivity index (χ4v) is 4.47. The zero-order valence-corrected chi connectivity index (χ0v) is 14.7. The van der Waals surface area contributed by atoms with E-state index >= 15 is 0 Å². The van der Waals surface area contributed by atoms with Crippen molar-refractivity contribution < 1.29 is 13.2 Å². The Balaban J connectivity index is 2.15. The molecule has 0 bridgehead atoms. The molecule has 6 heteroatoms. The lowest BCUT2D eigenvalue weighted by molar-refractivity contribution is 0.0563. The van der Waals surface area contributed by atoms with Gasteiger partial charge in [0.2, 0.25) is 0 Å². The Kier molecular flexibility index (Phi) is 4.49. The van der Waals surface area contributed by atoms with E-state index in [1.165, 1.54) is 12.3 Å². The summed E-state index contributed by atoms with van der Waals surface area (Å²) in [7, 11) is -3.23. The van der Waals surface area contributed by atoms with Gasteiger partial charge in [-0.2, -0.15) is 0 Å². The van der Waals surface area contributed by atoms with E-state index in [9.17, 15) is 13.2 Å². The van der Waals surface area contributed by atoms with Crippen LogP contribution in [-0.2, 0) is 9.84 Å². The number of carbonyl (C=O) groups excluding carboxylic acids is 1. The van der Waals surface area contributed by atoms with E-state index in [0.717, 1.165) is 37.3 Å². The lowest BCUT2D eigenvalue weighted by atomic mass is 9.76. The summed E-state index contributed by atoms with van der Waals surface area (Å²) in [6.45, 7) is 8.13. The van der Waals surface area contributed by atoms with E-state index in [1.54, 1.807) is 5.38 Å². The minimum Gasteiger partial charge on any atom is -0.338 e. The minimum atomic E-state index is -3.23. The summed E-state index contributed by atoms with van der Waals surface area (Å²) >= 11 is 1.12. The van der Waals surface area contributed by atoms with Crippen molar-refractivity contribution in [2.75, 3.05) is 19.3 Å². The van der Waals surface area contributed by atoms with Crippen LogP contribution in [0.4, 0.5) is 0 Å². The average molecular weight is 329 g/mol. The Morgan fingerprint density at radius 2 is 2.05 bits per heavy atom. The van der Waals surface area contributed by atoms with Gasteiger partial charge in [0, 0.05) is 24.7 Å². The van der Waals surface area contributed by atoms with Gasteiger partial charge >= 0.3 is 0 Å². The van der Waals surface area contributed by atoms with Crippen LogP contribution < -0.4 is 0 Å². The number of hydrogen-bond acceptors (Lipinski definition) is 4. The molecule has 1 atom stereocenters. The van der Waals surface area contributed by atoms with E-state index in [2.05, 4.69) is 20.8 Å². The summed E-state index contributed by atoms with van der Waals surface area (Å²) < 4.78 is 23.3. The number of nitrogens with zero attached hydrogens (tertiary/aromatic N) is 1. The number of rotatable bonds is 2. The Labute approximate surface area is 131 Å². The maximum absolute atomic E-state index is 12.6. The fourth-order valence-electron chi connectivity index (χ4n) is 2.67. The van der Waals surface area contributed by atoms with Crippen molar-refractivity contribution in [2.45, 2.75) is 37.8 Å². The Morgan fingerprint density at radius 1 is 1.38 bits per heavy atom. The van der Waals surface area contributed by atoms with Crippen LogP contribution in [0.5, 0.6) is 0 Å². The van der Waals surface area contributed by atoms with Crippen LogP contribution in [0.1, 0.15) is 44.0 Å². The molecule has 21 heavy (non-hydrogen) atoms. The summed E-state index contributed by atoms with van der Waals surface area (Å²) in [5.41, 5.74) is 0.681. The number of piperidine rings is 1. The molecule has 1 fully saturated rings. The molecule has 1 aromatic rings. The molecule has 2 heterocycles. The molecule has 118 valence electrons. The van der Waals surface area contributed by atoms with Gasteiger partial charge in [0.1, 0.15) is 4.21 Å². The van der Waals surface area contributed by atoms with Gasteiger partial charge in [-0.05, 0) is 30.2 Å². The van der Waals surface area contributed by atoms with E-state index in [1.807, 2.05) is 4.90 Å². The number of carbonyl (C=O) groups is 1. The maximum atomic E-state index is 12.6. The Hall–Kier alpha value is -0.880. The average Bonchev–Trinajstić information content (AvgIpc) is 2.86. The lowest BCUT2D eigenvalue weighted by Gasteiger charge is -2.39. The summed E-state index contributed by atoms with van der Waals surface area (Å²) in [5.74, 6) is 0.443. The van der Waals surface area contributed by atoms with E-state index in [0.29, 0.717) is 11.5 Å². The zero-order chi connectivity index (χ0) is 15.8. The molecular formula is C15H23NO3S2. The Morgan fingerprint density at radius 3 is 2.57 bits per heavy atom. The fraction of sp³-hybridized carbons (Fsp3) is 0.667. The topological polar surface area (TPSA) is 54.5 Å². The second-order valence-electron chi connectivity index (χ2n) is 6.88. The highest BCUT2D eigenvalue weighted by Crippen LogP contribution is 2.34. The van der Waals surface area contributed by atoms with Gasteiger partial charge < -0.3 is 4.90 Å². The molecule has 0 unspecified atom stereocenters. The second kappa shape index (κ2) is 5.72. The maximum Gasteiger partial charge on any atom is 0.254 e. The molecule has 1 amide bonds. The molecule has 0 saturated carbocycles. The molecule has 0 aromatic carbocycles. The molecular weight excluding hydrogens is 306 g/mol. The SMILES string of the molecule is CC(C)(C)[C@H]1CCCN(C(=O)c2csc(S(C)(=O)=O)c2)C1. The van der Waals surface area contributed by atoms with Crippen LogP contribution in [0.25, 0.3) is 0 Å². The first-order valence-electron chi connectivity index (χ1n) is 7.17. The molecule has 2 rings (SSSR count). The molecule has 1 aliphatic heterocycles. The molecule has 1 aromatic heterocycles. The summed E-state index contributed by atoms with van der Waals surface area (Å²) in [5, 5.41) is 1.65. The largest absolute Gasteiger partial charge is 0.338 e. The van der Waals surface area contributed by atoms with Crippen LogP contribution in [0, 0.1) is 11.3 Å². The van der Waals surface area contributed by atoms with E-state index < -0.39 is 9.84 Å². The predicted molar refractivity (Wildman–Crippen MR) is 85.5 cm³/mol. The van der Waals surface area contributed by atoms with Crippen molar-refractivity contribution in [3.63, 3.8) is 0 Å². The summed E-state index contributed by atoms with van der Waals surface area (Å²) in [4.78, 5) is 14.4. The zero-order valence-electron chi connectivity index (χ0n) is 13.0. The predicted octanol–water partition coefficient (Wildman–Crippen LogP) is 3.05. The third-order valence-electron chi connectivity index (χ3n) is 4.12. The standard InChI is InChI=1S/C15H23NO3S2/c1-15(2,3)12-6-5-7-16(9-12)14(17)11-8-13(20-10-11)21(4,18)19/h8,10,12H,5-7,9H2,1-4H3/t12-/m0/s1. The smallest absolute Gasteiger partial charge is 0.254 e. The number of amides is 1. The van der Waals surface area contributed by atoms with Gasteiger partial charge in [0.25, 0.3) is 5.91 Å². The normalized spacial score (nSPS) is 20.6. The highest BCUT2D eigenvalue weighted by molar-refractivity contribution is 7.92.